The number of halogens is 3. The molecule has 1 unspecified atom stereocenters. The summed E-state index contributed by atoms with van der Waals surface area (Å²) in [5.41, 5.74) is 3.82. The summed E-state index contributed by atoms with van der Waals surface area (Å²) in [6.07, 6.45) is 3.08. The number of hydrogen-bond donors (Lipinski definition) is 2. The molecule has 0 amide bonds. The van der Waals surface area contributed by atoms with E-state index in [0.717, 1.165) is 23.6 Å². The lowest BCUT2D eigenvalue weighted by Gasteiger charge is -2.21. The fraction of sp³-hybridized carbons (Fsp3) is 0.235. The van der Waals surface area contributed by atoms with Gasteiger partial charge in [0.2, 0.25) is 5.43 Å². The van der Waals surface area contributed by atoms with Crippen molar-refractivity contribution in [2.24, 2.45) is 5.73 Å². The van der Waals surface area contributed by atoms with E-state index in [0.29, 0.717) is 13.0 Å². The van der Waals surface area contributed by atoms with E-state index in [4.69, 9.17) is 5.73 Å². The van der Waals surface area contributed by atoms with Crippen molar-refractivity contribution in [2.75, 3.05) is 18.0 Å². The second-order valence-corrected chi connectivity index (χ2v) is 7.15. The van der Waals surface area contributed by atoms with Crippen LogP contribution in [0.2, 0.25) is 0 Å². The number of pyridine rings is 1. The van der Waals surface area contributed by atoms with Crippen LogP contribution in [-0.2, 0) is 0 Å². The van der Waals surface area contributed by atoms with Crippen molar-refractivity contribution in [3.8, 4) is 5.13 Å². The minimum atomic E-state index is -1.48. The summed E-state index contributed by atoms with van der Waals surface area (Å²) >= 11 is 1.13. The van der Waals surface area contributed by atoms with Gasteiger partial charge in [-0.2, -0.15) is 0 Å². The summed E-state index contributed by atoms with van der Waals surface area (Å²) in [5, 5.41) is 10.8. The maximum Gasteiger partial charge on any atom is 0.341 e. The number of carbonyl (C=O) groups is 1. The molecular formula is C17H15ClF2N4O3S. The molecule has 0 aliphatic carbocycles. The Morgan fingerprint density at radius 1 is 1.39 bits per heavy atom. The molecule has 3 heterocycles. The number of carboxylic acids is 1. The predicted octanol–water partition coefficient (Wildman–Crippen LogP) is 2.38. The molecule has 1 atom stereocenters. The molecule has 1 aromatic carbocycles. The summed E-state index contributed by atoms with van der Waals surface area (Å²) in [5.74, 6) is -3.36. The molecule has 3 N–H and O–H groups in total. The highest BCUT2D eigenvalue weighted by molar-refractivity contribution is 7.12. The Hall–Kier alpha value is -2.56. The van der Waals surface area contributed by atoms with E-state index in [1.165, 1.54) is 15.7 Å². The van der Waals surface area contributed by atoms with Crippen LogP contribution < -0.4 is 16.1 Å². The topological polar surface area (TPSA) is 101 Å². The number of anilines is 1. The van der Waals surface area contributed by atoms with Crippen LogP contribution in [-0.4, -0.2) is 39.8 Å². The third-order valence-corrected chi connectivity index (χ3v) is 5.32. The predicted molar refractivity (Wildman–Crippen MR) is 104 cm³/mol. The number of thiazole rings is 1. The number of carboxylic acid groups (broad SMARTS) is 1. The lowest BCUT2D eigenvalue weighted by atomic mass is 10.1. The Morgan fingerprint density at radius 3 is 2.71 bits per heavy atom. The smallest absolute Gasteiger partial charge is 0.341 e. The third kappa shape index (κ3) is 3.13. The van der Waals surface area contributed by atoms with Crippen LogP contribution in [0.5, 0.6) is 0 Å². The van der Waals surface area contributed by atoms with Crippen LogP contribution in [0.25, 0.3) is 16.0 Å². The molecule has 28 heavy (non-hydrogen) atoms. The molecule has 7 nitrogen and oxygen atoms in total. The summed E-state index contributed by atoms with van der Waals surface area (Å²) in [6.45, 7) is 0.670. The van der Waals surface area contributed by atoms with Gasteiger partial charge in [0.1, 0.15) is 17.1 Å². The maximum absolute atomic E-state index is 15.4. The number of aromatic carboxylic acids is 1. The van der Waals surface area contributed by atoms with E-state index in [9.17, 15) is 19.1 Å². The normalized spacial score (nSPS) is 16.4. The Kier molecular flexibility index (Phi) is 5.37. The molecule has 11 heteroatoms. The average molecular weight is 429 g/mol. The Morgan fingerprint density at radius 2 is 2.14 bits per heavy atom. The van der Waals surface area contributed by atoms with Crippen molar-refractivity contribution < 1.29 is 18.7 Å². The van der Waals surface area contributed by atoms with Gasteiger partial charge in [0, 0.05) is 36.9 Å². The zero-order valence-electron chi connectivity index (χ0n) is 14.3. The molecule has 148 valence electrons. The Bertz CT molecular complexity index is 1120. The molecule has 0 radical (unpaired) electrons. The van der Waals surface area contributed by atoms with Crippen molar-refractivity contribution in [1.29, 1.82) is 0 Å². The van der Waals surface area contributed by atoms with Crippen molar-refractivity contribution in [1.82, 2.24) is 9.55 Å². The largest absolute Gasteiger partial charge is 0.477 e. The van der Waals surface area contributed by atoms with Gasteiger partial charge in [-0.05, 0) is 12.5 Å². The van der Waals surface area contributed by atoms with Gasteiger partial charge in [-0.15, -0.1) is 23.7 Å². The number of benzene rings is 1. The first-order chi connectivity index (χ1) is 12.9. The molecular weight excluding hydrogens is 414 g/mol. The van der Waals surface area contributed by atoms with Gasteiger partial charge < -0.3 is 15.7 Å². The SMILES string of the molecule is Cl.NC1CCN(c2c(F)cc3c(=O)c(C(=O)O)cn(-c4nccs4)c3c2F)C1. The summed E-state index contributed by atoms with van der Waals surface area (Å²) in [4.78, 5) is 29.5. The minimum absolute atomic E-state index is 0. The third-order valence-electron chi connectivity index (χ3n) is 4.55. The number of nitrogens with zero attached hydrogens (tertiary/aromatic N) is 3. The molecule has 4 rings (SSSR count). The lowest BCUT2D eigenvalue weighted by molar-refractivity contribution is 0.0695. The second-order valence-electron chi connectivity index (χ2n) is 6.27. The van der Waals surface area contributed by atoms with Crippen LogP contribution in [0, 0.1) is 11.6 Å². The average Bonchev–Trinajstić information content (AvgIpc) is 3.27. The summed E-state index contributed by atoms with van der Waals surface area (Å²) in [6, 6.07) is 0.686. The highest BCUT2D eigenvalue weighted by atomic mass is 35.5. The molecule has 1 fully saturated rings. The highest BCUT2D eigenvalue weighted by Crippen LogP contribution is 2.33. The Balaban J connectivity index is 0.00000225. The molecule has 0 saturated carbocycles. The fourth-order valence-electron chi connectivity index (χ4n) is 3.32. The van der Waals surface area contributed by atoms with Crippen LogP contribution >= 0.6 is 23.7 Å². The molecule has 3 aromatic rings. The summed E-state index contributed by atoms with van der Waals surface area (Å²) < 4.78 is 31.3. The van der Waals surface area contributed by atoms with Crippen molar-refractivity contribution >= 4 is 46.3 Å². The monoisotopic (exact) mass is 428 g/mol. The van der Waals surface area contributed by atoms with Crippen molar-refractivity contribution in [3.05, 3.63) is 51.3 Å². The van der Waals surface area contributed by atoms with Gasteiger partial charge >= 0.3 is 5.97 Å². The Labute approximate surface area is 167 Å². The van der Waals surface area contributed by atoms with Crippen LogP contribution in [0.15, 0.2) is 28.6 Å². The molecule has 0 spiro atoms. The quantitative estimate of drug-likeness (QED) is 0.664. The van der Waals surface area contributed by atoms with Gasteiger partial charge in [-0.3, -0.25) is 9.36 Å². The van der Waals surface area contributed by atoms with E-state index in [-0.39, 0.29) is 46.7 Å². The number of nitrogens with two attached hydrogens (primary N) is 1. The molecule has 1 aliphatic rings. The lowest BCUT2D eigenvalue weighted by Crippen LogP contribution is -2.28. The van der Waals surface area contributed by atoms with Gasteiger partial charge in [0.05, 0.1) is 10.9 Å². The molecule has 0 bridgehead atoms. The van der Waals surface area contributed by atoms with E-state index >= 15 is 4.39 Å². The molecule has 1 saturated heterocycles. The number of hydrogen-bond acceptors (Lipinski definition) is 6. The van der Waals surface area contributed by atoms with Crippen LogP contribution in [0.1, 0.15) is 16.8 Å². The maximum atomic E-state index is 15.4. The summed E-state index contributed by atoms with van der Waals surface area (Å²) in [7, 11) is 0. The minimum Gasteiger partial charge on any atom is -0.477 e. The number of fused-ring (bicyclic) bond motifs is 1. The second kappa shape index (κ2) is 7.46. The van der Waals surface area contributed by atoms with Gasteiger partial charge in [-0.25, -0.2) is 18.6 Å². The zero-order chi connectivity index (χ0) is 19.3. The highest BCUT2D eigenvalue weighted by Gasteiger charge is 2.29. The van der Waals surface area contributed by atoms with Crippen LogP contribution in [0.3, 0.4) is 0 Å². The van der Waals surface area contributed by atoms with Crippen molar-refractivity contribution in [3.63, 3.8) is 0 Å². The van der Waals surface area contributed by atoms with Gasteiger partial charge in [0.15, 0.2) is 10.9 Å². The van der Waals surface area contributed by atoms with E-state index in [2.05, 4.69) is 4.98 Å². The first kappa shape index (κ1) is 20.2. The van der Waals surface area contributed by atoms with E-state index < -0.39 is 28.6 Å². The van der Waals surface area contributed by atoms with Gasteiger partial charge in [-0.1, -0.05) is 0 Å². The number of rotatable bonds is 3. The van der Waals surface area contributed by atoms with Gasteiger partial charge in [0.25, 0.3) is 0 Å². The van der Waals surface area contributed by atoms with E-state index in [1.807, 2.05) is 0 Å². The molecule has 2 aromatic heterocycles. The fourth-order valence-corrected chi connectivity index (χ4v) is 3.95. The van der Waals surface area contributed by atoms with E-state index in [1.54, 1.807) is 5.38 Å². The number of aromatic nitrogens is 2. The first-order valence-corrected chi connectivity index (χ1v) is 8.97. The molecule has 1 aliphatic heterocycles. The van der Waals surface area contributed by atoms with Crippen LogP contribution in [0.4, 0.5) is 14.5 Å². The zero-order valence-corrected chi connectivity index (χ0v) is 15.9. The standard InChI is InChI=1S/C17H14F2N4O3S.ClH/c18-11-5-9-13(12(19)14(11)22-3-1-8(20)6-22)23(17-21-2-4-27-17)7-10(15(9)24)16(25)26;/h2,4-5,7-8H,1,3,6,20H2,(H,25,26);1H. The van der Waals surface area contributed by atoms with Crippen molar-refractivity contribution in [2.45, 2.75) is 12.5 Å². The first-order valence-electron chi connectivity index (χ1n) is 8.09.